The maximum atomic E-state index is 12.4. The van der Waals surface area contributed by atoms with Crippen LogP contribution in [0.2, 0.25) is 0 Å². The van der Waals surface area contributed by atoms with Crippen LogP contribution in [0, 0.1) is 13.8 Å². The monoisotopic (exact) mass is 285 g/mol. The number of nitrogens with zero attached hydrogens (tertiary/aromatic N) is 1. The van der Waals surface area contributed by atoms with Gasteiger partial charge in [-0.25, -0.2) is 4.98 Å². The Kier molecular flexibility index (Phi) is 3.45. The molecule has 0 bridgehead atoms. The number of thiazole rings is 1. The zero-order valence-electron chi connectivity index (χ0n) is 10.2. The van der Waals surface area contributed by atoms with Gasteiger partial charge in [-0.1, -0.05) is 17.2 Å². The molecular weight excluding hydrogens is 275 g/mol. The molecule has 0 atom stereocenters. The number of carbonyl (C=O) groups is 1. The lowest BCUT2D eigenvalue weighted by Gasteiger charge is -2.02. The molecule has 2 nitrogen and oxygen atoms in total. The molecule has 0 saturated carbocycles. The summed E-state index contributed by atoms with van der Waals surface area (Å²) in [4.78, 5) is 15.3. The molecule has 1 aromatic carbocycles. The van der Waals surface area contributed by atoms with Gasteiger partial charge in [0.2, 0.25) is 5.78 Å². The summed E-state index contributed by atoms with van der Waals surface area (Å²) in [6, 6.07) is 5.20. The molecule has 100 valence electrons. The van der Waals surface area contributed by atoms with E-state index < -0.39 is 17.0 Å². The van der Waals surface area contributed by atoms with E-state index in [9.17, 15) is 18.0 Å². The Bertz CT molecular complexity index is 611. The molecule has 2 aromatic rings. The highest BCUT2D eigenvalue weighted by Gasteiger charge is 2.35. The quantitative estimate of drug-likeness (QED) is 0.780. The maximum Gasteiger partial charge on any atom is 0.443 e. The van der Waals surface area contributed by atoms with Gasteiger partial charge >= 0.3 is 6.18 Å². The minimum Gasteiger partial charge on any atom is -0.288 e. The predicted octanol–water partition coefficient (Wildman–Crippen LogP) is 4.01. The molecule has 2 rings (SSSR count). The van der Waals surface area contributed by atoms with E-state index >= 15 is 0 Å². The Morgan fingerprint density at radius 3 is 2.21 bits per heavy atom. The molecule has 0 saturated heterocycles. The van der Waals surface area contributed by atoms with Crippen molar-refractivity contribution in [3.05, 3.63) is 51.0 Å². The summed E-state index contributed by atoms with van der Waals surface area (Å²) in [7, 11) is 0. The first-order valence-corrected chi connectivity index (χ1v) is 6.25. The summed E-state index contributed by atoms with van der Waals surface area (Å²) in [5.74, 6) is -0.431. The van der Waals surface area contributed by atoms with Crippen LogP contribution in [0.3, 0.4) is 0 Å². The number of rotatable bonds is 2. The second-order valence-corrected chi connectivity index (χ2v) is 5.26. The second kappa shape index (κ2) is 4.77. The van der Waals surface area contributed by atoms with Gasteiger partial charge in [0.25, 0.3) is 0 Å². The predicted molar refractivity (Wildman–Crippen MR) is 66.5 cm³/mol. The van der Waals surface area contributed by atoms with Gasteiger partial charge < -0.3 is 0 Å². The van der Waals surface area contributed by atoms with Crippen molar-refractivity contribution in [2.24, 2.45) is 0 Å². The number of hydrogen-bond donors (Lipinski definition) is 0. The number of hydrogen-bond acceptors (Lipinski definition) is 3. The fourth-order valence-electron chi connectivity index (χ4n) is 1.76. The molecule has 19 heavy (non-hydrogen) atoms. The van der Waals surface area contributed by atoms with E-state index in [1.807, 2.05) is 19.9 Å². The maximum absolute atomic E-state index is 12.4. The Hall–Kier alpha value is -1.69. The van der Waals surface area contributed by atoms with Gasteiger partial charge in [-0.2, -0.15) is 13.2 Å². The van der Waals surface area contributed by atoms with Crippen molar-refractivity contribution < 1.29 is 18.0 Å². The van der Waals surface area contributed by atoms with E-state index in [-0.39, 0.29) is 4.88 Å². The lowest BCUT2D eigenvalue weighted by Crippen LogP contribution is -2.03. The molecular formula is C13H10F3NOS. The minimum atomic E-state index is -4.51. The molecule has 0 N–H and O–H groups in total. The Morgan fingerprint density at radius 2 is 1.74 bits per heavy atom. The Labute approximate surface area is 111 Å². The fraction of sp³-hybridized carbons (Fsp3) is 0.231. The van der Waals surface area contributed by atoms with Crippen LogP contribution in [-0.2, 0) is 6.18 Å². The summed E-state index contributed by atoms with van der Waals surface area (Å²) < 4.78 is 37.3. The highest BCUT2D eigenvalue weighted by molar-refractivity contribution is 7.13. The summed E-state index contributed by atoms with van der Waals surface area (Å²) in [5.41, 5.74) is 2.17. The molecule has 0 radical (unpaired) electrons. The van der Waals surface area contributed by atoms with Gasteiger partial charge in [0, 0.05) is 11.8 Å². The highest BCUT2D eigenvalue weighted by Crippen LogP contribution is 2.33. The SMILES string of the molecule is Cc1cc(C)cc(C(=O)c2cnc(C(F)(F)F)s2)c1. The molecule has 0 fully saturated rings. The minimum absolute atomic E-state index is 0.00248. The van der Waals surface area contributed by atoms with E-state index in [0.29, 0.717) is 16.9 Å². The second-order valence-electron chi connectivity index (χ2n) is 4.23. The fourth-order valence-corrected chi connectivity index (χ4v) is 2.50. The van der Waals surface area contributed by atoms with E-state index in [1.165, 1.54) is 0 Å². The van der Waals surface area contributed by atoms with E-state index in [2.05, 4.69) is 4.98 Å². The van der Waals surface area contributed by atoms with Gasteiger partial charge in [-0.15, -0.1) is 11.3 Å². The summed E-state index contributed by atoms with van der Waals surface area (Å²) >= 11 is 0.369. The first-order valence-electron chi connectivity index (χ1n) is 5.43. The van der Waals surface area contributed by atoms with Gasteiger partial charge in [0.15, 0.2) is 5.01 Å². The van der Waals surface area contributed by atoms with Crippen LogP contribution in [-0.4, -0.2) is 10.8 Å². The molecule has 0 aliphatic rings. The van der Waals surface area contributed by atoms with Gasteiger partial charge in [0.05, 0.1) is 4.88 Å². The summed E-state index contributed by atoms with van der Waals surface area (Å²) in [6.45, 7) is 3.66. The van der Waals surface area contributed by atoms with Crippen LogP contribution in [0.4, 0.5) is 13.2 Å². The van der Waals surface area contributed by atoms with Crippen molar-refractivity contribution in [3.8, 4) is 0 Å². The Morgan fingerprint density at radius 1 is 1.16 bits per heavy atom. The number of aryl methyl sites for hydroxylation is 2. The lowest BCUT2D eigenvalue weighted by atomic mass is 10.0. The topological polar surface area (TPSA) is 30.0 Å². The number of alkyl halides is 3. The van der Waals surface area contributed by atoms with Crippen LogP contribution in [0.25, 0.3) is 0 Å². The molecule has 0 aliphatic carbocycles. The van der Waals surface area contributed by atoms with E-state index in [4.69, 9.17) is 0 Å². The molecule has 0 amide bonds. The smallest absolute Gasteiger partial charge is 0.288 e. The van der Waals surface area contributed by atoms with Crippen LogP contribution >= 0.6 is 11.3 Å². The molecule has 0 aliphatic heterocycles. The number of halogens is 3. The van der Waals surface area contributed by atoms with Crippen LogP contribution in [0.5, 0.6) is 0 Å². The molecule has 1 aromatic heterocycles. The number of aromatic nitrogens is 1. The average Bonchev–Trinajstić information content (AvgIpc) is 2.75. The first kappa shape index (κ1) is 13.7. The summed E-state index contributed by atoms with van der Waals surface area (Å²) in [6.07, 6.45) is -3.53. The van der Waals surface area contributed by atoms with Crippen molar-refractivity contribution in [2.75, 3.05) is 0 Å². The largest absolute Gasteiger partial charge is 0.443 e. The van der Waals surface area contributed by atoms with Gasteiger partial charge in [-0.3, -0.25) is 4.79 Å². The third-order valence-electron chi connectivity index (χ3n) is 2.46. The third kappa shape index (κ3) is 3.01. The molecule has 6 heteroatoms. The van der Waals surface area contributed by atoms with Crippen LogP contribution in [0.1, 0.15) is 31.4 Å². The molecule has 0 spiro atoms. The molecule has 0 unspecified atom stereocenters. The van der Waals surface area contributed by atoms with Crippen molar-refractivity contribution in [3.63, 3.8) is 0 Å². The van der Waals surface area contributed by atoms with Crippen molar-refractivity contribution in [1.29, 1.82) is 0 Å². The van der Waals surface area contributed by atoms with Crippen LogP contribution in [0.15, 0.2) is 24.4 Å². The van der Waals surface area contributed by atoms with Crippen LogP contribution < -0.4 is 0 Å². The van der Waals surface area contributed by atoms with Crippen molar-refractivity contribution in [1.82, 2.24) is 4.98 Å². The highest BCUT2D eigenvalue weighted by atomic mass is 32.1. The lowest BCUT2D eigenvalue weighted by molar-refractivity contribution is -0.137. The molecule has 1 heterocycles. The normalized spacial score (nSPS) is 11.6. The number of benzene rings is 1. The van der Waals surface area contributed by atoms with Gasteiger partial charge in [-0.05, 0) is 26.0 Å². The standard InChI is InChI=1S/C13H10F3NOS/c1-7-3-8(2)5-9(4-7)11(18)10-6-17-12(19-10)13(14,15)16/h3-6H,1-2H3. The number of ketones is 1. The van der Waals surface area contributed by atoms with E-state index in [0.717, 1.165) is 17.3 Å². The Balaban J connectivity index is 2.36. The average molecular weight is 285 g/mol. The zero-order valence-corrected chi connectivity index (χ0v) is 11.0. The zero-order chi connectivity index (χ0) is 14.2. The first-order chi connectivity index (χ1) is 8.77. The van der Waals surface area contributed by atoms with Crippen molar-refractivity contribution >= 4 is 17.1 Å². The third-order valence-corrected chi connectivity index (χ3v) is 3.50. The van der Waals surface area contributed by atoms with E-state index in [1.54, 1.807) is 12.1 Å². The summed E-state index contributed by atoms with van der Waals surface area (Å²) in [5, 5.41) is -1.000. The van der Waals surface area contributed by atoms with Gasteiger partial charge in [0.1, 0.15) is 0 Å². The number of carbonyl (C=O) groups excluding carboxylic acids is 1. The van der Waals surface area contributed by atoms with Crippen molar-refractivity contribution in [2.45, 2.75) is 20.0 Å².